The number of nitro benzene ring substituents is 1. The largest absolute Gasteiger partial charge is 0.427 e. The zero-order valence-electron chi connectivity index (χ0n) is 13.9. The van der Waals surface area contributed by atoms with Gasteiger partial charge in [-0.15, -0.1) is 0 Å². The van der Waals surface area contributed by atoms with Crippen molar-refractivity contribution in [3.8, 4) is 11.8 Å². The Bertz CT molecular complexity index is 995. The third-order valence-electron chi connectivity index (χ3n) is 3.20. The number of esters is 1. The number of carbonyl (C=O) groups is 2. The number of carbonyl (C=O) groups excluding carboxylic acids is 2. The van der Waals surface area contributed by atoms with E-state index < -0.39 is 22.5 Å². The molecule has 0 unspecified atom stereocenters. The van der Waals surface area contributed by atoms with Crippen LogP contribution < -0.4 is 10.1 Å². The van der Waals surface area contributed by atoms with Crippen LogP contribution in [0.25, 0.3) is 6.08 Å². The van der Waals surface area contributed by atoms with Gasteiger partial charge in [-0.3, -0.25) is 19.7 Å². The minimum absolute atomic E-state index is 0.0933. The van der Waals surface area contributed by atoms with Gasteiger partial charge in [0.25, 0.3) is 11.6 Å². The average Bonchev–Trinajstić information content (AvgIpc) is 2.60. The van der Waals surface area contributed by atoms with Crippen LogP contribution in [0.3, 0.4) is 0 Å². The summed E-state index contributed by atoms with van der Waals surface area (Å²) in [5.41, 5.74) is -0.348. The molecule has 2 aromatic rings. The molecule has 2 aromatic carbocycles. The highest BCUT2D eigenvalue weighted by molar-refractivity contribution is 6.31. The van der Waals surface area contributed by atoms with Gasteiger partial charge in [-0.2, -0.15) is 5.26 Å². The molecule has 1 amide bonds. The van der Waals surface area contributed by atoms with Crippen LogP contribution in [-0.2, 0) is 9.59 Å². The predicted octanol–water partition coefficient (Wildman–Crippen LogP) is 3.72. The molecule has 0 fully saturated rings. The molecule has 0 saturated carbocycles. The van der Waals surface area contributed by atoms with Gasteiger partial charge >= 0.3 is 5.97 Å². The number of hydrogen-bond donors (Lipinski definition) is 1. The van der Waals surface area contributed by atoms with Gasteiger partial charge in [0.05, 0.1) is 4.92 Å². The number of benzene rings is 2. The number of nitrogens with one attached hydrogen (secondary N) is 1. The molecule has 8 nitrogen and oxygen atoms in total. The normalized spacial score (nSPS) is 10.6. The highest BCUT2D eigenvalue weighted by Gasteiger charge is 2.18. The highest BCUT2D eigenvalue weighted by atomic mass is 35.5. The van der Waals surface area contributed by atoms with Crippen LogP contribution in [0.2, 0.25) is 5.02 Å². The number of nitro groups is 1. The number of anilines is 1. The van der Waals surface area contributed by atoms with E-state index in [0.717, 1.165) is 6.07 Å². The first-order valence-electron chi connectivity index (χ1n) is 7.45. The molecule has 0 aliphatic carbocycles. The topological polar surface area (TPSA) is 122 Å². The van der Waals surface area contributed by atoms with Crippen molar-refractivity contribution >= 4 is 40.9 Å². The minimum Gasteiger partial charge on any atom is -0.427 e. The number of ether oxygens (including phenoxy) is 1. The molecule has 27 heavy (non-hydrogen) atoms. The maximum Gasteiger partial charge on any atom is 0.308 e. The molecular formula is C18H12ClN3O5. The van der Waals surface area contributed by atoms with Crippen LogP contribution in [0.4, 0.5) is 11.4 Å². The quantitative estimate of drug-likeness (QED) is 0.209. The van der Waals surface area contributed by atoms with Gasteiger partial charge in [0, 0.05) is 18.0 Å². The van der Waals surface area contributed by atoms with E-state index in [1.165, 1.54) is 31.2 Å². The molecule has 0 atom stereocenters. The lowest BCUT2D eigenvalue weighted by Crippen LogP contribution is -2.14. The van der Waals surface area contributed by atoms with Crippen molar-refractivity contribution in [2.45, 2.75) is 6.92 Å². The number of hydrogen-bond acceptors (Lipinski definition) is 6. The number of rotatable bonds is 5. The fourth-order valence-corrected chi connectivity index (χ4v) is 2.27. The molecule has 0 spiro atoms. The van der Waals surface area contributed by atoms with E-state index in [4.69, 9.17) is 16.3 Å². The van der Waals surface area contributed by atoms with E-state index in [1.807, 2.05) is 0 Å². The standard InChI is InChI=1S/C18H12ClN3O5/c1-11(23)27-15-4-2-3-12(8-15)7-13(10-20)18(24)21-16-6-5-14(19)9-17(16)22(25)26/h2-9H,1H3,(H,21,24). The maximum absolute atomic E-state index is 12.3. The zero-order valence-corrected chi connectivity index (χ0v) is 14.7. The summed E-state index contributed by atoms with van der Waals surface area (Å²) in [5, 5.41) is 22.8. The van der Waals surface area contributed by atoms with E-state index in [2.05, 4.69) is 5.32 Å². The summed E-state index contributed by atoms with van der Waals surface area (Å²) in [6.07, 6.45) is 1.27. The summed E-state index contributed by atoms with van der Waals surface area (Å²) in [6.45, 7) is 1.25. The Morgan fingerprint density at radius 2 is 2.04 bits per heavy atom. The fraction of sp³-hybridized carbons (Fsp3) is 0.0556. The number of nitrogens with zero attached hydrogens (tertiary/aromatic N) is 2. The summed E-state index contributed by atoms with van der Waals surface area (Å²) in [6, 6.07) is 11.7. The van der Waals surface area contributed by atoms with Crippen molar-refractivity contribution in [3.05, 3.63) is 68.7 Å². The SMILES string of the molecule is CC(=O)Oc1cccc(C=C(C#N)C(=O)Nc2ccc(Cl)cc2[N+](=O)[O-])c1. The second-order valence-corrected chi connectivity index (χ2v) is 5.65. The summed E-state index contributed by atoms with van der Waals surface area (Å²) < 4.78 is 4.94. The molecule has 136 valence electrons. The lowest BCUT2D eigenvalue weighted by Gasteiger charge is -2.06. The lowest BCUT2D eigenvalue weighted by molar-refractivity contribution is -0.383. The van der Waals surface area contributed by atoms with Gasteiger partial charge in [0.2, 0.25) is 0 Å². The van der Waals surface area contributed by atoms with Crippen LogP contribution in [0.15, 0.2) is 48.0 Å². The van der Waals surface area contributed by atoms with Crippen molar-refractivity contribution in [1.82, 2.24) is 0 Å². The zero-order chi connectivity index (χ0) is 20.0. The lowest BCUT2D eigenvalue weighted by atomic mass is 10.1. The van der Waals surface area contributed by atoms with E-state index >= 15 is 0 Å². The monoisotopic (exact) mass is 385 g/mol. The van der Waals surface area contributed by atoms with E-state index in [9.17, 15) is 25.0 Å². The molecule has 0 bridgehead atoms. The average molecular weight is 386 g/mol. The van der Waals surface area contributed by atoms with Crippen molar-refractivity contribution in [2.24, 2.45) is 0 Å². The molecule has 0 aliphatic heterocycles. The summed E-state index contributed by atoms with van der Waals surface area (Å²) in [7, 11) is 0. The van der Waals surface area contributed by atoms with Gasteiger partial charge in [-0.25, -0.2) is 0 Å². The van der Waals surface area contributed by atoms with Crippen LogP contribution in [-0.4, -0.2) is 16.8 Å². The molecule has 2 rings (SSSR count). The molecule has 1 N–H and O–H groups in total. The molecule has 0 radical (unpaired) electrons. The Morgan fingerprint density at radius 3 is 2.67 bits per heavy atom. The molecule has 0 aliphatic rings. The first kappa shape index (κ1) is 19.6. The Labute approximate surface area is 158 Å². The van der Waals surface area contributed by atoms with Crippen LogP contribution in [0, 0.1) is 21.4 Å². The number of halogens is 1. The third kappa shape index (κ3) is 5.39. The second kappa shape index (κ2) is 8.60. The smallest absolute Gasteiger partial charge is 0.308 e. The molecule has 0 aromatic heterocycles. The van der Waals surface area contributed by atoms with Crippen molar-refractivity contribution in [1.29, 1.82) is 5.26 Å². The van der Waals surface area contributed by atoms with Gasteiger partial charge in [-0.05, 0) is 35.9 Å². The number of nitriles is 1. The van der Waals surface area contributed by atoms with E-state index in [0.29, 0.717) is 5.56 Å². The first-order chi connectivity index (χ1) is 12.8. The van der Waals surface area contributed by atoms with Gasteiger partial charge in [0.15, 0.2) is 0 Å². The summed E-state index contributed by atoms with van der Waals surface area (Å²) in [5.74, 6) is -1.09. The van der Waals surface area contributed by atoms with Gasteiger partial charge < -0.3 is 10.1 Å². The fourth-order valence-electron chi connectivity index (χ4n) is 2.10. The Balaban J connectivity index is 2.29. The maximum atomic E-state index is 12.3. The third-order valence-corrected chi connectivity index (χ3v) is 3.44. The predicted molar refractivity (Wildman–Crippen MR) is 98.1 cm³/mol. The Morgan fingerprint density at radius 1 is 1.30 bits per heavy atom. The highest BCUT2D eigenvalue weighted by Crippen LogP contribution is 2.28. The molecule has 9 heteroatoms. The van der Waals surface area contributed by atoms with Crippen LogP contribution in [0.5, 0.6) is 5.75 Å². The summed E-state index contributed by atoms with van der Waals surface area (Å²) in [4.78, 5) is 33.7. The second-order valence-electron chi connectivity index (χ2n) is 5.21. The first-order valence-corrected chi connectivity index (χ1v) is 7.83. The Hall–Kier alpha value is -3.70. The van der Waals surface area contributed by atoms with E-state index in [-0.39, 0.29) is 22.0 Å². The van der Waals surface area contributed by atoms with Crippen molar-refractivity contribution in [2.75, 3.05) is 5.32 Å². The molecule has 0 saturated heterocycles. The summed E-state index contributed by atoms with van der Waals surface area (Å²) >= 11 is 5.73. The van der Waals surface area contributed by atoms with E-state index in [1.54, 1.807) is 24.3 Å². The van der Waals surface area contributed by atoms with Gasteiger partial charge in [-0.1, -0.05) is 23.7 Å². The Kier molecular flexibility index (Phi) is 6.25. The molecular weight excluding hydrogens is 374 g/mol. The van der Waals surface area contributed by atoms with Crippen LogP contribution in [0.1, 0.15) is 12.5 Å². The van der Waals surface area contributed by atoms with Crippen molar-refractivity contribution < 1.29 is 19.2 Å². The van der Waals surface area contributed by atoms with Crippen molar-refractivity contribution in [3.63, 3.8) is 0 Å². The van der Waals surface area contributed by atoms with Crippen LogP contribution >= 0.6 is 11.6 Å². The molecule has 0 heterocycles. The number of amides is 1. The van der Waals surface area contributed by atoms with Gasteiger partial charge in [0.1, 0.15) is 23.1 Å². The minimum atomic E-state index is -0.833.